The first-order chi connectivity index (χ1) is 14.5. The van der Waals surface area contributed by atoms with Crippen LogP contribution >= 0.6 is 0 Å². The summed E-state index contributed by atoms with van der Waals surface area (Å²) in [6, 6.07) is 5.19. The molecule has 0 unspecified atom stereocenters. The first-order valence-corrected chi connectivity index (χ1v) is 9.09. The van der Waals surface area contributed by atoms with Crippen molar-refractivity contribution in [2.24, 2.45) is 0 Å². The van der Waals surface area contributed by atoms with Crippen molar-refractivity contribution in [3.63, 3.8) is 0 Å². The Morgan fingerprint density at radius 1 is 1.07 bits per heavy atom. The minimum absolute atomic E-state index is 0.0235. The second-order valence-electron chi connectivity index (χ2n) is 6.06. The van der Waals surface area contributed by atoms with E-state index in [2.05, 4.69) is 10.2 Å². The minimum atomic E-state index is -0.717. The smallest absolute Gasteiger partial charge is 0.355 e. The number of esters is 2. The molecule has 0 radical (unpaired) electrons. The van der Waals surface area contributed by atoms with Gasteiger partial charge in [-0.25, -0.2) is 9.59 Å². The van der Waals surface area contributed by atoms with Crippen molar-refractivity contribution in [3.8, 4) is 17.2 Å². The number of anilines is 1. The lowest BCUT2D eigenvalue weighted by Gasteiger charge is -2.25. The van der Waals surface area contributed by atoms with E-state index in [1.165, 1.54) is 32.3 Å². The van der Waals surface area contributed by atoms with Crippen molar-refractivity contribution in [2.75, 3.05) is 26.2 Å². The van der Waals surface area contributed by atoms with Crippen LogP contribution in [0.25, 0.3) is 11.5 Å². The highest BCUT2D eigenvalue weighted by Crippen LogP contribution is 2.37. The average Bonchev–Trinajstić information content (AvgIpc) is 3.16. The van der Waals surface area contributed by atoms with E-state index in [1.807, 2.05) is 6.92 Å². The molecule has 1 aliphatic rings. The fourth-order valence-corrected chi connectivity index (χ4v) is 2.88. The fraction of sp³-hybridized carbons (Fsp3) is 0.238. The summed E-state index contributed by atoms with van der Waals surface area (Å²) in [6.07, 6.45) is 7.00. The van der Waals surface area contributed by atoms with E-state index >= 15 is 0 Å². The second-order valence-corrected chi connectivity index (χ2v) is 6.06. The van der Waals surface area contributed by atoms with Gasteiger partial charge >= 0.3 is 11.9 Å². The third-order valence-corrected chi connectivity index (χ3v) is 4.34. The molecule has 0 atom stereocenters. The second kappa shape index (κ2) is 9.08. The summed E-state index contributed by atoms with van der Waals surface area (Å²) in [5, 5.41) is 8.04. The van der Waals surface area contributed by atoms with E-state index in [0.29, 0.717) is 35.2 Å². The van der Waals surface area contributed by atoms with Crippen LogP contribution in [0.15, 0.2) is 58.3 Å². The highest BCUT2D eigenvalue weighted by atomic mass is 16.5. The number of aryl methyl sites for hydroxylation is 1. The van der Waals surface area contributed by atoms with Crippen LogP contribution in [0.3, 0.4) is 0 Å². The molecule has 1 aromatic carbocycles. The number of ether oxygens (including phenoxy) is 3. The molecule has 2 aromatic rings. The average molecular weight is 411 g/mol. The van der Waals surface area contributed by atoms with E-state index in [9.17, 15) is 9.59 Å². The molecular weight excluding hydrogens is 390 g/mol. The normalized spacial score (nSPS) is 13.3. The lowest BCUT2D eigenvalue weighted by atomic mass is 10.1. The summed E-state index contributed by atoms with van der Waals surface area (Å²) >= 11 is 0. The van der Waals surface area contributed by atoms with Crippen molar-refractivity contribution in [1.29, 1.82) is 0 Å². The van der Waals surface area contributed by atoms with Gasteiger partial charge in [-0.1, -0.05) is 13.0 Å². The maximum Gasteiger partial charge on any atom is 0.355 e. The Bertz CT molecular complexity index is 1050. The van der Waals surface area contributed by atoms with Crippen molar-refractivity contribution < 1.29 is 28.2 Å². The van der Waals surface area contributed by atoms with Crippen LogP contribution < -0.4 is 9.64 Å². The van der Waals surface area contributed by atoms with Gasteiger partial charge in [-0.15, -0.1) is 10.2 Å². The van der Waals surface area contributed by atoms with Gasteiger partial charge in [0.1, 0.15) is 11.4 Å². The lowest BCUT2D eigenvalue weighted by molar-refractivity contribution is -0.139. The molecule has 9 heteroatoms. The highest BCUT2D eigenvalue weighted by Gasteiger charge is 2.29. The van der Waals surface area contributed by atoms with Crippen LogP contribution in [-0.4, -0.2) is 43.5 Å². The molecule has 0 amide bonds. The van der Waals surface area contributed by atoms with Crippen LogP contribution in [0.1, 0.15) is 12.8 Å². The van der Waals surface area contributed by atoms with E-state index in [1.54, 1.807) is 36.6 Å². The van der Waals surface area contributed by atoms with Crippen LogP contribution in [0.4, 0.5) is 5.69 Å². The number of carbonyl (C=O) groups is 2. The first kappa shape index (κ1) is 20.8. The Morgan fingerprint density at radius 3 is 2.47 bits per heavy atom. The predicted molar refractivity (Wildman–Crippen MR) is 107 cm³/mol. The summed E-state index contributed by atoms with van der Waals surface area (Å²) < 4.78 is 20.9. The highest BCUT2D eigenvalue weighted by molar-refractivity contribution is 6.05. The Balaban J connectivity index is 2.21. The van der Waals surface area contributed by atoms with Gasteiger partial charge in [0.25, 0.3) is 0 Å². The van der Waals surface area contributed by atoms with Crippen LogP contribution in [0, 0.1) is 0 Å². The third-order valence-electron chi connectivity index (χ3n) is 4.34. The van der Waals surface area contributed by atoms with E-state index in [-0.39, 0.29) is 11.3 Å². The number of nitrogens with zero attached hydrogens (tertiary/aromatic N) is 3. The van der Waals surface area contributed by atoms with E-state index in [4.69, 9.17) is 18.6 Å². The summed E-state index contributed by atoms with van der Waals surface area (Å²) in [5.74, 6) is -0.120. The van der Waals surface area contributed by atoms with Gasteiger partial charge < -0.3 is 23.5 Å². The Hall–Kier alpha value is -3.88. The maximum absolute atomic E-state index is 12.7. The van der Waals surface area contributed by atoms with Crippen molar-refractivity contribution in [2.45, 2.75) is 13.3 Å². The number of allylic oxidation sites excluding steroid dienone is 2. The largest absolute Gasteiger partial charge is 0.495 e. The number of carbonyl (C=O) groups excluding carboxylic acids is 2. The molecule has 30 heavy (non-hydrogen) atoms. The molecular formula is C21H21N3O6. The molecule has 3 rings (SSSR count). The standard InChI is InChI=1S/C21H21N3O6/c1-5-17-22-23-19(30-17)13-9-10-16(27-2)15(12-13)24-11-7-6-8-14(20(25)28-3)18(24)21(26)29-4/h6-12H,5H2,1-4H3. The molecule has 2 heterocycles. The van der Waals surface area contributed by atoms with E-state index < -0.39 is 11.9 Å². The summed E-state index contributed by atoms with van der Waals surface area (Å²) in [6.45, 7) is 1.91. The Labute approximate surface area is 173 Å². The number of benzene rings is 1. The fourth-order valence-electron chi connectivity index (χ4n) is 2.88. The predicted octanol–water partition coefficient (Wildman–Crippen LogP) is 2.80. The first-order valence-electron chi connectivity index (χ1n) is 9.09. The number of hydrogen-bond acceptors (Lipinski definition) is 9. The van der Waals surface area contributed by atoms with Crippen molar-refractivity contribution >= 4 is 17.6 Å². The zero-order valence-corrected chi connectivity index (χ0v) is 17.0. The summed E-state index contributed by atoms with van der Waals surface area (Å²) in [5.41, 5.74) is 1.10. The van der Waals surface area contributed by atoms with E-state index in [0.717, 1.165) is 0 Å². The lowest BCUT2D eigenvalue weighted by Crippen LogP contribution is -2.27. The summed E-state index contributed by atoms with van der Waals surface area (Å²) in [7, 11) is 3.98. The molecule has 1 aromatic heterocycles. The van der Waals surface area contributed by atoms with Crippen LogP contribution in [0.2, 0.25) is 0 Å². The topological polar surface area (TPSA) is 104 Å². The maximum atomic E-state index is 12.7. The molecule has 9 nitrogen and oxygen atoms in total. The van der Waals surface area contributed by atoms with Crippen molar-refractivity contribution in [3.05, 3.63) is 59.8 Å². The number of rotatable bonds is 6. The zero-order valence-electron chi connectivity index (χ0n) is 17.0. The Kier molecular flexibility index (Phi) is 6.31. The van der Waals surface area contributed by atoms with Crippen molar-refractivity contribution in [1.82, 2.24) is 10.2 Å². The molecule has 0 aliphatic carbocycles. The number of aromatic nitrogens is 2. The third kappa shape index (κ3) is 3.95. The molecule has 1 aliphatic heterocycles. The monoisotopic (exact) mass is 411 g/mol. The Morgan fingerprint density at radius 2 is 1.83 bits per heavy atom. The van der Waals surface area contributed by atoms with Crippen LogP contribution in [0.5, 0.6) is 5.75 Å². The minimum Gasteiger partial charge on any atom is -0.495 e. The van der Waals surface area contributed by atoms with Gasteiger partial charge in [-0.05, 0) is 30.4 Å². The molecule has 156 valence electrons. The molecule has 0 saturated heterocycles. The molecule has 0 saturated carbocycles. The van der Waals surface area contributed by atoms with Gasteiger partial charge in [-0.3, -0.25) is 0 Å². The molecule has 0 bridgehead atoms. The SMILES string of the molecule is CCc1nnc(-c2ccc(OC)c(N3C=CC=CC(C(=O)OC)=C3C(=O)OC)c2)o1. The molecule has 0 N–H and O–H groups in total. The summed E-state index contributed by atoms with van der Waals surface area (Å²) in [4.78, 5) is 26.5. The number of methoxy groups -OCH3 is 3. The number of hydrogen-bond donors (Lipinski definition) is 0. The van der Waals surface area contributed by atoms with Gasteiger partial charge in [0.15, 0.2) is 0 Å². The molecule has 0 fully saturated rings. The van der Waals surface area contributed by atoms with Gasteiger partial charge in [0.2, 0.25) is 11.8 Å². The van der Waals surface area contributed by atoms with Gasteiger partial charge in [0, 0.05) is 18.2 Å². The van der Waals surface area contributed by atoms with Gasteiger partial charge in [-0.2, -0.15) is 0 Å². The van der Waals surface area contributed by atoms with Crippen LogP contribution in [-0.2, 0) is 25.5 Å². The zero-order chi connectivity index (χ0) is 21.7. The molecule has 0 spiro atoms. The van der Waals surface area contributed by atoms with Gasteiger partial charge in [0.05, 0.1) is 32.6 Å². The quantitative estimate of drug-likeness (QED) is 0.664.